The van der Waals surface area contributed by atoms with Crippen molar-refractivity contribution in [3.63, 3.8) is 0 Å². The second kappa shape index (κ2) is 11.5. The van der Waals surface area contributed by atoms with Gasteiger partial charge in [0.1, 0.15) is 11.3 Å². The predicted molar refractivity (Wildman–Crippen MR) is 223 cm³/mol. The van der Waals surface area contributed by atoms with E-state index in [4.69, 9.17) is 4.42 Å². The summed E-state index contributed by atoms with van der Waals surface area (Å²) in [5.74, 6) is 1.49. The van der Waals surface area contributed by atoms with Crippen LogP contribution in [-0.4, -0.2) is 9.13 Å². The standard InChI is InChI=1S/C50H36N2O/c1-31-25-35(33-19-22-47-42(28-33)39-14-6-8-17-45(39)51(47)37-12-4-3-5-13-37)27-36(26-31)34-20-23-48-43(29-34)40-15-7-9-18-46(40)52(48)38-21-24-49-44(30-38)41-16-10-11-32(2)50(41)53-49/h3-10,12-30,32H,11H2,1-2H3. The number of hydrogen-bond donors (Lipinski definition) is 0. The fourth-order valence-corrected chi connectivity index (χ4v) is 8.85. The van der Waals surface area contributed by atoms with Crippen LogP contribution in [0, 0.1) is 6.92 Å². The second-order valence-electron chi connectivity index (χ2n) is 14.7. The van der Waals surface area contributed by atoms with Gasteiger partial charge in [-0.2, -0.15) is 0 Å². The third kappa shape index (κ3) is 4.60. The number of fused-ring (bicyclic) bond motifs is 9. The zero-order valence-corrected chi connectivity index (χ0v) is 29.7. The minimum absolute atomic E-state index is 0.393. The molecule has 0 aliphatic heterocycles. The summed E-state index contributed by atoms with van der Waals surface area (Å²) in [6.45, 7) is 4.45. The van der Waals surface area contributed by atoms with Crippen LogP contribution >= 0.6 is 0 Å². The van der Waals surface area contributed by atoms with Crippen molar-refractivity contribution in [3.05, 3.63) is 175 Å². The van der Waals surface area contributed by atoms with Crippen molar-refractivity contribution in [2.75, 3.05) is 0 Å². The van der Waals surface area contributed by atoms with Crippen LogP contribution in [0.2, 0.25) is 0 Å². The molecule has 0 N–H and O–H groups in total. The van der Waals surface area contributed by atoms with Gasteiger partial charge >= 0.3 is 0 Å². The molecule has 10 aromatic rings. The lowest BCUT2D eigenvalue weighted by atomic mass is 9.94. The van der Waals surface area contributed by atoms with Crippen LogP contribution < -0.4 is 0 Å². The summed E-state index contributed by atoms with van der Waals surface area (Å²) in [5.41, 5.74) is 15.5. The number of rotatable bonds is 4. The van der Waals surface area contributed by atoms with Crippen molar-refractivity contribution >= 4 is 60.7 Å². The number of aromatic nitrogens is 2. The molecule has 3 heterocycles. The summed E-state index contributed by atoms with van der Waals surface area (Å²) in [6, 6.07) is 55.7. The Bertz CT molecular complexity index is 3110. The van der Waals surface area contributed by atoms with Crippen molar-refractivity contribution in [2.24, 2.45) is 0 Å². The van der Waals surface area contributed by atoms with Gasteiger partial charge in [0.15, 0.2) is 0 Å². The first-order valence-electron chi connectivity index (χ1n) is 18.6. The summed E-state index contributed by atoms with van der Waals surface area (Å²) in [5, 5.41) is 6.21. The van der Waals surface area contributed by atoms with Gasteiger partial charge in [-0.25, -0.2) is 0 Å². The van der Waals surface area contributed by atoms with Crippen LogP contribution in [0.25, 0.3) is 94.3 Å². The van der Waals surface area contributed by atoms with E-state index >= 15 is 0 Å². The van der Waals surface area contributed by atoms with Gasteiger partial charge in [0.05, 0.1) is 22.1 Å². The van der Waals surface area contributed by atoms with Crippen molar-refractivity contribution < 1.29 is 4.42 Å². The van der Waals surface area contributed by atoms with Crippen LogP contribution in [0.15, 0.2) is 162 Å². The molecule has 1 aliphatic rings. The molecule has 0 fully saturated rings. The molecule has 3 aromatic heterocycles. The minimum atomic E-state index is 0.393. The molecule has 11 rings (SSSR count). The van der Waals surface area contributed by atoms with E-state index in [1.54, 1.807) is 0 Å². The quantitative estimate of drug-likeness (QED) is 0.181. The van der Waals surface area contributed by atoms with Crippen molar-refractivity contribution in [1.29, 1.82) is 0 Å². The minimum Gasteiger partial charge on any atom is -0.460 e. The molecule has 0 spiro atoms. The highest BCUT2D eigenvalue weighted by Crippen LogP contribution is 2.41. The summed E-state index contributed by atoms with van der Waals surface area (Å²) < 4.78 is 11.1. The van der Waals surface area contributed by atoms with E-state index in [0.29, 0.717) is 5.92 Å². The topological polar surface area (TPSA) is 23.0 Å². The molecule has 3 heteroatoms. The normalized spacial score (nSPS) is 14.3. The van der Waals surface area contributed by atoms with Gasteiger partial charge in [-0.05, 0) is 114 Å². The predicted octanol–water partition coefficient (Wildman–Crippen LogP) is 13.8. The molecule has 0 saturated heterocycles. The highest BCUT2D eigenvalue weighted by atomic mass is 16.3. The number of hydrogen-bond acceptors (Lipinski definition) is 1. The first-order valence-corrected chi connectivity index (χ1v) is 18.6. The molecule has 53 heavy (non-hydrogen) atoms. The summed E-state index contributed by atoms with van der Waals surface area (Å²) in [4.78, 5) is 0. The van der Waals surface area contributed by atoms with Gasteiger partial charge in [-0.15, -0.1) is 0 Å². The van der Waals surface area contributed by atoms with E-state index < -0.39 is 0 Å². The fraction of sp³-hybridized carbons (Fsp3) is 0.0800. The Morgan fingerprint density at radius 3 is 1.74 bits per heavy atom. The first kappa shape index (κ1) is 30.1. The van der Waals surface area contributed by atoms with Crippen LogP contribution in [0.5, 0.6) is 0 Å². The van der Waals surface area contributed by atoms with E-state index in [9.17, 15) is 0 Å². The van der Waals surface area contributed by atoms with E-state index in [2.05, 4.69) is 187 Å². The Morgan fingerprint density at radius 2 is 1.08 bits per heavy atom. The molecule has 3 nitrogen and oxygen atoms in total. The average Bonchev–Trinajstić information content (AvgIpc) is 3.85. The molecule has 0 bridgehead atoms. The largest absolute Gasteiger partial charge is 0.460 e. The maximum atomic E-state index is 6.36. The third-order valence-electron chi connectivity index (χ3n) is 11.3. The number of furan rings is 1. The van der Waals surface area contributed by atoms with Crippen LogP contribution in [0.4, 0.5) is 0 Å². The number of benzene rings is 7. The molecular weight excluding hydrogens is 645 g/mol. The summed E-state index contributed by atoms with van der Waals surface area (Å²) >= 11 is 0. The highest BCUT2D eigenvalue weighted by Gasteiger charge is 2.22. The Morgan fingerprint density at radius 1 is 0.491 bits per heavy atom. The first-order chi connectivity index (χ1) is 26.1. The maximum Gasteiger partial charge on any atom is 0.135 e. The van der Waals surface area contributed by atoms with Crippen molar-refractivity contribution in [1.82, 2.24) is 9.13 Å². The smallest absolute Gasteiger partial charge is 0.135 e. The Labute approximate surface area is 307 Å². The highest BCUT2D eigenvalue weighted by molar-refractivity contribution is 6.12. The van der Waals surface area contributed by atoms with Gasteiger partial charge in [0, 0.05) is 49.8 Å². The summed E-state index contributed by atoms with van der Waals surface area (Å²) in [6.07, 6.45) is 5.53. The zero-order valence-electron chi connectivity index (χ0n) is 29.7. The maximum absolute atomic E-state index is 6.36. The van der Waals surface area contributed by atoms with Gasteiger partial charge < -0.3 is 13.6 Å². The lowest BCUT2D eigenvalue weighted by Gasteiger charge is -2.12. The molecule has 1 atom stereocenters. The van der Waals surface area contributed by atoms with Gasteiger partial charge in [-0.1, -0.05) is 97.9 Å². The second-order valence-corrected chi connectivity index (χ2v) is 14.7. The lowest BCUT2D eigenvalue weighted by Crippen LogP contribution is -1.96. The SMILES string of the molecule is Cc1cc(-c2ccc3c(c2)c2ccccc2n3-c2ccccc2)cc(-c2ccc3c(c2)c2ccccc2n3-c2ccc3oc4c(c3c2)C=CCC4C)c1. The zero-order chi connectivity index (χ0) is 35.2. The van der Waals surface area contributed by atoms with E-state index in [1.807, 2.05) is 0 Å². The Kier molecular flexibility index (Phi) is 6.51. The van der Waals surface area contributed by atoms with Gasteiger partial charge in [0.2, 0.25) is 0 Å². The van der Waals surface area contributed by atoms with Crippen LogP contribution in [-0.2, 0) is 0 Å². The number of nitrogens with zero attached hydrogens (tertiary/aromatic N) is 2. The number of para-hydroxylation sites is 3. The molecule has 0 amide bonds. The molecule has 0 saturated carbocycles. The molecule has 252 valence electrons. The Hall–Kier alpha value is -6.58. The number of aryl methyl sites for hydroxylation is 1. The van der Waals surface area contributed by atoms with E-state index in [0.717, 1.165) is 23.5 Å². The monoisotopic (exact) mass is 680 g/mol. The van der Waals surface area contributed by atoms with E-state index in [-0.39, 0.29) is 0 Å². The van der Waals surface area contributed by atoms with Crippen LogP contribution in [0.3, 0.4) is 0 Å². The Balaban J connectivity index is 1.04. The van der Waals surface area contributed by atoms with Crippen LogP contribution in [0.1, 0.15) is 36.1 Å². The number of allylic oxidation sites excluding steroid dienone is 1. The molecule has 1 unspecified atom stereocenters. The van der Waals surface area contributed by atoms with Crippen molar-refractivity contribution in [3.8, 4) is 33.6 Å². The van der Waals surface area contributed by atoms with Gasteiger partial charge in [0.25, 0.3) is 0 Å². The molecule has 7 aromatic carbocycles. The third-order valence-corrected chi connectivity index (χ3v) is 11.3. The fourth-order valence-electron chi connectivity index (χ4n) is 8.85. The lowest BCUT2D eigenvalue weighted by molar-refractivity contribution is 0.504. The van der Waals surface area contributed by atoms with Gasteiger partial charge in [-0.3, -0.25) is 0 Å². The van der Waals surface area contributed by atoms with E-state index in [1.165, 1.54) is 88.1 Å². The average molecular weight is 681 g/mol. The molecular formula is C50H36N2O. The molecule has 1 aliphatic carbocycles. The molecule has 0 radical (unpaired) electrons. The van der Waals surface area contributed by atoms with Crippen molar-refractivity contribution in [2.45, 2.75) is 26.2 Å². The summed E-state index contributed by atoms with van der Waals surface area (Å²) in [7, 11) is 0.